The summed E-state index contributed by atoms with van der Waals surface area (Å²) < 4.78 is 5.14. The van der Waals surface area contributed by atoms with Crippen LogP contribution in [0, 0.1) is 0 Å². The molecule has 0 aliphatic rings. The molecule has 0 radical (unpaired) electrons. The minimum Gasteiger partial charge on any atom is -0.513 e. The van der Waals surface area contributed by atoms with Gasteiger partial charge in [0.05, 0.1) is 12.4 Å². The van der Waals surface area contributed by atoms with Crippen LogP contribution in [0.2, 0.25) is 0 Å². The summed E-state index contributed by atoms with van der Waals surface area (Å²) in [5.74, 6) is 0.529. The Morgan fingerprint density at radius 3 is 2.00 bits per heavy atom. The minimum absolute atomic E-state index is 0.0454. The third-order valence-electron chi connectivity index (χ3n) is 4.51. The molecule has 0 aromatic rings. The van der Waals surface area contributed by atoms with Gasteiger partial charge in [0.2, 0.25) is 0 Å². The van der Waals surface area contributed by atoms with E-state index in [2.05, 4.69) is 13.8 Å². The Hall–Kier alpha value is -0.990. The molecule has 3 nitrogen and oxygen atoms in total. The van der Waals surface area contributed by atoms with E-state index < -0.39 is 0 Å². The number of hydrogen-bond acceptors (Lipinski definition) is 3. The van der Waals surface area contributed by atoms with Crippen LogP contribution in [0.4, 0.5) is 0 Å². The molecular formula is C22H42O3. The van der Waals surface area contributed by atoms with Crippen molar-refractivity contribution in [2.45, 2.75) is 117 Å². The molecule has 0 aromatic carbocycles. The predicted molar refractivity (Wildman–Crippen MR) is 107 cm³/mol. The second-order valence-corrected chi connectivity index (χ2v) is 7.09. The first-order chi connectivity index (χ1) is 12.2. The molecule has 25 heavy (non-hydrogen) atoms. The number of aliphatic hydroxyl groups is 1. The molecule has 148 valence electrons. The quantitative estimate of drug-likeness (QED) is 0.160. The molecule has 0 fully saturated rings. The van der Waals surface area contributed by atoms with Crippen molar-refractivity contribution in [1.82, 2.24) is 0 Å². The molecule has 0 aliphatic heterocycles. The number of ether oxygens (including phenoxy) is 1. The van der Waals surface area contributed by atoms with Gasteiger partial charge in [-0.05, 0) is 38.2 Å². The van der Waals surface area contributed by atoms with Crippen LogP contribution in [0.5, 0.6) is 0 Å². The molecule has 0 rings (SSSR count). The van der Waals surface area contributed by atoms with Crippen molar-refractivity contribution in [3.63, 3.8) is 0 Å². The highest BCUT2D eigenvalue weighted by molar-refractivity contribution is 5.69. The number of rotatable bonds is 18. The van der Waals surface area contributed by atoms with Crippen LogP contribution in [-0.2, 0) is 9.53 Å². The summed E-state index contributed by atoms with van der Waals surface area (Å²) in [5, 5.41) is 9.85. The molecule has 1 N–H and O–H groups in total. The SMILES string of the molecule is CCCCCCCC/C(O)=C\CCCCCCCC(=O)OCCCC. The predicted octanol–water partition coefficient (Wildman–Crippen LogP) is 7.25. The Morgan fingerprint density at radius 1 is 0.760 bits per heavy atom. The summed E-state index contributed by atoms with van der Waals surface area (Å²) in [5.41, 5.74) is 0. The van der Waals surface area contributed by atoms with Crippen LogP contribution in [-0.4, -0.2) is 17.7 Å². The molecule has 0 saturated heterocycles. The molecule has 0 aliphatic carbocycles. The Labute approximate surface area is 156 Å². The van der Waals surface area contributed by atoms with E-state index in [9.17, 15) is 9.90 Å². The van der Waals surface area contributed by atoms with Gasteiger partial charge in [-0.15, -0.1) is 0 Å². The lowest BCUT2D eigenvalue weighted by Crippen LogP contribution is -2.05. The summed E-state index contributed by atoms with van der Waals surface area (Å²) in [4.78, 5) is 11.4. The van der Waals surface area contributed by atoms with Crippen LogP contribution in [0.15, 0.2) is 11.8 Å². The number of unbranched alkanes of at least 4 members (excludes halogenated alkanes) is 11. The second kappa shape index (κ2) is 19.3. The van der Waals surface area contributed by atoms with E-state index in [1.807, 2.05) is 6.08 Å². The van der Waals surface area contributed by atoms with E-state index in [0.29, 0.717) is 18.8 Å². The van der Waals surface area contributed by atoms with Crippen molar-refractivity contribution in [3.05, 3.63) is 11.8 Å². The monoisotopic (exact) mass is 354 g/mol. The van der Waals surface area contributed by atoms with E-state index in [4.69, 9.17) is 4.74 Å². The average Bonchev–Trinajstić information content (AvgIpc) is 2.60. The van der Waals surface area contributed by atoms with Gasteiger partial charge in [0.15, 0.2) is 0 Å². The molecule has 0 amide bonds. The highest BCUT2D eigenvalue weighted by Gasteiger charge is 2.01. The van der Waals surface area contributed by atoms with Crippen LogP contribution in [0.25, 0.3) is 0 Å². The van der Waals surface area contributed by atoms with Crippen molar-refractivity contribution in [3.8, 4) is 0 Å². The molecule has 0 bridgehead atoms. The summed E-state index contributed by atoms with van der Waals surface area (Å²) in [6.07, 6.45) is 19.5. The number of allylic oxidation sites excluding steroid dienone is 2. The second-order valence-electron chi connectivity index (χ2n) is 7.09. The van der Waals surface area contributed by atoms with E-state index >= 15 is 0 Å². The van der Waals surface area contributed by atoms with Crippen molar-refractivity contribution >= 4 is 5.97 Å². The van der Waals surface area contributed by atoms with Gasteiger partial charge in [-0.3, -0.25) is 4.79 Å². The Bertz CT molecular complexity index is 323. The van der Waals surface area contributed by atoms with Gasteiger partial charge >= 0.3 is 5.97 Å². The fourth-order valence-corrected chi connectivity index (χ4v) is 2.80. The summed E-state index contributed by atoms with van der Waals surface area (Å²) in [6, 6.07) is 0. The lowest BCUT2D eigenvalue weighted by molar-refractivity contribution is -0.143. The molecule has 0 saturated carbocycles. The molecule has 0 heterocycles. The molecular weight excluding hydrogens is 312 g/mol. The Morgan fingerprint density at radius 2 is 1.32 bits per heavy atom. The maximum absolute atomic E-state index is 11.4. The number of esters is 1. The molecule has 0 atom stereocenters. The molecule has 0 spiro atoms. The Kier molecular flexibility index (Phi) is 18.6. The fourth-order valence-electron chi connectivity index (χ4n) is 2.80. The van der Waals surface area contributed by atoms with Gasteiger partial charge in [-0.2, -0.15) is 0 Å². The fraction of sp³-hybridized carbons (Fsp3) is 0.864. The van der Waals surface area contributed by atoms with E-state index in [0.717, 1.165) is 57.8 Å². The van der Waals surface area contributed by atoms with E-state index in [1.165, 1.54) is 38.5 Å². The number of carbonyl (C=O) groups is 1. The lowest BCUT2D eigenvalue weighted by Gasteiger charge is -2.04. The minimum atomic E-state index is -0.0454. The standard InChI is InChI=1S/C22H42O3/c1-3-5-7-8-11-14-17-21(23)18-15-12-9-10-13-16-19-22(24)25-20-6-4-2/h18,23H,3-17,19-20H2,1-2H3/b21-18+. The zero-order chi connectivity index (χ0) is 18.6. The number of aliphatic hydroxyl groups excluding tert-OH is 1. The van der Waals surface area contributed by atoms with Gasteiger partial charge in [0.25, 0.3) is 0 Å². The van der Waals surface area contributed by atoms with Crippen LogP contribution in [0.1, 0.15) is 117 Å². The maximum Gasteiger partial charge on any atom is 0.305 e. The molecule has 3 heteroatoms. The van der Waals surface area contributed by atoms with Crippen molar-refractivity contribution in [1.29, 1.82) is 0 Å². The third-order valence-corrected chi connectivity index (χ3v) is 4.51. The zero-order valence-corrected chi connectivity index (χ0v) is 16.9. The van der Waals surface area contributed by atoms with Gasteiger partial charge < -0.3 is 9.84 Å². The highest BCUT2D eigenvalue weighted by Crippen LogP contribution is 2.13. The van der Waals surface area contributed by atoms with Gasteiger partial charge in [-0.25, -0.2) is 0 Å². The van der Waals surface area contributed by atoms with Gasteiger partial charge in [0.1, 0.15) is 0 Å². The highest BCUT2D eigenvalue weighted by atomic mass is 16.5. The number of carbonyl (C=O) groups excluding carboxylic acids is 1. The maximum atomic E-state index is 11.4. The van der Waals surface area contributed by atoms with Crippen LogP contribution < -0.4 is 0 Å². The van der Waals surface area contributed by atoms with Crippen molar-refractivity contribution in [2.75, 3.05) is 6.61 Å². The summed E-state index contributed by atoms with van der Waals surface area (Å²) in [6.45, 7) is 4.90. The smallest absolute Gasteiger partial charge is 0.305 e. The summed E-state index contributed by atoms with van der Waals surface area (Å²) >= 11 is 0. The lowest BCUT2D eigenvalue weighted by atomic mass is 10.1. The average molecular weight is 355 g/mol. The zero-order valence-electron chi connectivity index (χ0n) is 16.9. The topological polar surface area (TPSA) is 46.5 Å². The first-order valence-corrected chi connectivity index (χ1v) is 10.7. The molecule has 0 unspecified atom stereocenters. The Balaban J connectivity index is 3.34. The van der Waals surface area contributed by atoms with Gasteiger partial charge in [-0.1, -0.05) is 71.6 Å². The summed E-state index contributed by atoms with van der Waals surface area (Å²) in [7, 11) is 0. The van der Waals surface area contributed by atoms with Gasteiger partial charge in [0, 0.05) is 12.8 Å². The van der Waals surface area contributed by atoms with Crippen LogP contribution in [0.3, 0.4) is 0 Å². The van der Waals surface area contributed by atoms with Crippen LogP contribution >= 0.6 is 0 Å². The van der Waals surface area contributed by atoms with E-state index in [1.54, 1.807) is 0 Å². The molecule has 0 aromatic heterocycles. The largest absolute Gasteiger partial charge is 0.513 e. The third kappa shape index (κ3) is 19.2. The normalized spacial score (nSPS) is 11.7. The first kappa shape index (κ1) is 24.0. The van der Waals surface area contributed by atoms with E-state index in [-0.39, 0.29) is 5.97 Å². The number of hydrogen-bond donors (Lipinski definition) is 1. The first-order valence-electron chi connectivity index (χ1n) is 10.7. The van der Waals surface area contributed by atoms with Crippen molar-refractivity contribution < 1.29 is 14.6 Å². The van der Waals surface area contributed by atoms with Crippen molar-refractivity contribution in [2.24, 2.45) is 0 Å².